The van der Waals surface area contributed by atoms with Gasteiger partial charge in [-0.25, -0.2) is 4.98 Å². The molecule has 6 nitrogen and oxygen atoms in total. The quantitative estimate of drug-likeness (QED) is 0.711. The van der Waals surface area contributed by atoms with E-state index in [1.807, 2.05) is 72.2 Å². The number of carbonyl (C=O) groups excluding carboxylic acids is 1. The monoisotopic (exact) mass is 349 g/mol. The summed E-state index contributed by atoms with van der Waals surface area (Å²) in [5, 5.41) is 3.01. The molecule has 3 aromatic rings. The normalized spacial score (nSPS) is 10.9. The van der Waals surface area contributed by atoms with Crippen molar-refractivity contribution in [2.75, 3.05) is 13.6 Å². The first kappa shape index (κ1) is 17.8. The minimum Gasteiger partial charge on any atom is -0.351 e. The molecule has 0 aliphatic heterocycles. The van der Waals surface area contributed by atoms with Crippen LogP contribution in [0.2, 0.25) is 0 Å². The van der Waals surface area contributed by atoms with Gasteiger partial charge in [0.05, 0.1) is 12.2 Å². The van der Waals surface area contributed by atoms with Gasteiger partial charge < -0.3 is 9.88 Å². The lowest BCUT2D eigenvalue weighted by molar-refractivity contribution is -0.122. The Balaban J connectivity index is 1.58. The molecule has 0 saturated heterocycles. The van der Waals surface area contributed by atoms with Gasteiger partial charge in [0.15, 0.2) is 0 Å². The fourth-order valence-corrected chi connectivity index (χ4v) is 2.88. The average molecular weight is 349 g/mol. The van der Waals surface area contributed by atoms with E-state index in [1.165, 1.54) is 0 Å². The SMILES string of the molecule is Cc1nccn1-c1ccccc1CNC(=O)CN(C)Cc1cccnc1. The number of carbonyl (C=O) groups is 1. The van der Waals surface area contributed by atoms with Crippen molar-refractivity contribution in [1.29, 1.82) is 0 Å². The number of hydrogen-bond donors (Lipinski definition) is 1. The van der Waals surface area contributed by atoms with Gasteiger partial charge in [-0.3, -0.25) is 14.7 Å². The molecule has 1 amide bonds. The van der Waals surface area contributed by atoms with Crippen molar-refractivity contribution in [3.8, 4) is 5.69 Å². The highest BCUT2D eigenvalue weighted by atomic mass is 16.2. The Kier molecular flexibility index (Phi) is 5.76. The minimum absolute atomic E-state index is 0.00598. The van der Waals surface area contributed by atoms with Crippen LogP contribution in [0.5, 0.6) is 0 Å². The predicted octanol–water partition coefficient (Wildman–Crippen LogP) is 2.32. The van der Waals surface area contributed by atoms with Crippen LogP contribution in [0.25, 0.3) is 5.69 Å². The number of rotatable bonds is 7. The van der Waals surface area contributed by atoms with E-state index < -0.39 is 0 Å². The van der Waals surface area contributed by atoms with E-state index in [2.05, 4.69) is 15.3 Å². The molecule has 1 N–H and O–H groups in total. The van der Waals surface area contributed by atoms with Gasteiger partial charge in [-0.2, -0.15) is 0 Å². The summed E-state index contributed by atoms with van der Waals surface area (Å²) in [5.41, 5.74) is 3.17. The van der Waals surface area contributed by atoms with Crippen LogP contribution in [0, 0.1) is 6.92 Å². The molecule has 0 unspecified atom stereocenters. The Morgan fingerprint density at radius 3 is 2.77 bits per heavy atom. The van der Waals surface area contributed by atoms with Crippen LogP contribution < -0.4 is 5.32 Å². The number of nitrogens with zero attached hydrogens (tertiary/aromatic N) is 4. The number of para-hydroxylation sites is 1. The number of hydrogen-bond acceptors (Lipinski definition) is 4. The number of benzene rings is 1. The molecule has 0 bridgehead atoms. The predicted molar refractivity (Wildman–Crippen MR) is 101 cm³/mol. The molecule has 0 atom stereocenters. The molecule has 2 heterocycles. The van der Waals surface area contributed by atoms with Gasteiger partial charge in [-0.15, -0.1) is 0 Å². The first-order valence-corrected chi connectivity index (χ1v) is 8.56. The largest absolute Gasteiger partial charge is 0.351 e. The molecule has 6 heteroatoms. The number of aromatic nitrogens is 3. The van der Waals surface area contributed by atoms with Crippen molar-refractivity contribution in [2.45, 2.75) is 20.0 Å². The summed E-state index contributed by atoms with van der Waals surface area (Å²) in [4.78, 5) is 22.6. The Morgan fingerprint density at radius 1 is 1.19 bits per heavy atom. The fourth-order valence-electron chi connectivity index (χ4n) is 2.88. The van der Waals surface area contributed by atoms with Gasteiger partial charge in [0.25, 0.3) is 0 Å². The lowest BCUT2D eigenvalue weighted by Gasteiger charge is -2.17. The molecule has 26 heavy (non-hydrogen) atoms. The van der Waals surface area contributed by atoms with Crippen LogP contribution in [-0.2, 0) is 17.9 Å². The van der Waals surface area contributed by atoms with Crippen molar-refractivity contribution in [2.24, 2.45) is 0 Å². The Labute approximate surface area is 153 Å². The second kappa shape index (κ2) is 8.40. The van der Waals surface area contributed by atoms with Gasteiger partial charge in [-0.05, 0) is 37.2 Å². The van der Waals surface area contributed by atoms with E-state index in [4.69, 9.17) is 0 Å². The third-order valence-electron chi connectivity index (χ3n) is 4.14. The van der Waals surface area contributed by atoms with Gasteiger partial charge in [0.2, 0.25) is 5.91 Å². The first-order chi connectivity index (χ1) is 12.6. The van der Waals surface area contributed by atoms with Gasteiger partial charge in [0.1, 0.15) is 5.82 Å². The standard InChI is InChI=1S/C20H23N5O/c1-16-22-10-11-25(16)19-8-4-3-7-18(19)13-23-20(26)15-24(2)14-17-6-5-9-21-12-17/h3-12H,13-15H2,1-2H3,(H,23,26). The number of imidazole rings is 1. The fraction of sp³-hybridized carbons (Fsp3) is 0.250. The van der Waals surface area contributed by atoms with Crippen LogP contribution in [0.4, 0.5) is 0 Å². The second-order valence-corrected chi connectivity index (χ2v) is 6.28. The summed E-state index contributed by atoms with van der Waals surface area (Å²) in [6.07, 6.45) is 7.27. The van der Waals surface area contributed by atoms with Gasteiger partial charge in [-0.1, -0.05) is 24.3 Å². The van der Waals surface area contributed by atoms with Crippen molar-refractivity contribution in [3.05, 3.63) is 78.1 Å². The van der Waals surface area contributed by atoms with E-state index in [-0.39, 0.29) is 5.91 Å². The highest BCUT2D eigenvalue weighted by molar-refractivity contribution is 5.78. The maximum absolute atomic E-state index is 12.3. The summed E-state index contributed by atoms with van der Waals surface area (Å²) in [6, 6.07) is 11.9. The number of likely N-dealkylation sites (N-methyl/N-ethyl adjacent to an activating group) is 1. The third-order valence-corrected chi connectivity index (χ3v) is 4.14. The lowest BCUT2D eigenvalue weighted by Crippen LogP contribution is -2.34. The number of aryl methyl sites for hydroxylation is 1. The van der Waals surface area contributed by atoms with Crippen LogP contribution in [0.1, 0.15) is 17.0 Å². The topological polar surface area (TPSA) is 63.1 Å². The van der Waals surface area contributed by atoms with E-state index in [0.29, 0.717) is 19.6 Å². The van der Waals surface area contributed by atoms with Crippen LogP contribution in [-0.4, -0.2) is 38.9 Å². The second-order valence-electron chi connectivity index (χ2n) is 6.28. The van der Waals surface area contributed by atoms with E-state index in [9.17, 15) is 4.79 Å². The van der Waals surface area contributed by atoms with Gasteiger partial charge >= 0.3 is 0 Å². The molecule has 2 aromatic heterocycles. The summed E-state index contributed by atoms with van der Waals surface area (Å²) < 4.78 is 2.02. The third kappa shape index (κ3) is 4.55. The van der Waals surface area contributed by atoms with Crippen molar-refractivity contribution < 1.29 is 4.79 Å². The molecule has 0 saturated carbocycles. The number of pyridine rings is 1. The summed E-state index contributed by atoms with van der Waals surface area (Å²) in [7, 11) is 1.93. The lowest BCUT2D eigenvalue weighted by atomic mass is 10.1. The molecule has 0 fully saturated rings. The van der Waals surface area contributed by atoms with Crippen LogP contribution >= 0.6 is 0 Å². The molecule has 0 spiro atoms. The molecule has 0 aliphatic carbocycles. The minimum atomic E-state index is -0.00598. The molecule has 0 aliphatic rings. The zero-order chi connectivity index (χ0) is 18.4. The summed E-state index contributed by atoms with van der Waals surface area (Å²) in [6.45, 7) is 3.46. The summed E-state index contributed by atoms with van der Waals surface area (Å²) >= 11 is 0. The van der Waals surface area contributed by atoms with Crippen molar-refractivity contribution in [3.63, 3.8) is 0 Å². The van der Waals surface area contributed by atoms with Gasteiger partial charge in [0, 0.05) is 37.9 Å². The van der Waals surface area contributed by atoms with E-state index in [1.54, 1.807) is 12.4 Å². The molecule has 0 radical (unpaired) electrons. The Hall–Kier alpha value is -2.99. The Bertz CT molecular complexity index is 859. The first-order valence-electron chi connectivity index (χ1n) is 8.56. The average Bonchev–Trinajstić information content (AvgIpc) is 3.07. The molecular formula is C20H23N5O. The highest BCUT2D eigenvalue weighted by Crippen LogP contribution is 2.16. The van der Waals surface area contributed by atoms with E-state index >= 15 is 0 Å². The van der Waals surface area contributed by atoms with Crippen molar-refractivity contribution in [1.82, 2.24) is 24.8 Å². The van der Waals surface area contributed by atoms with E-state index in [0.717, 1.165) is 22.6 Å². The zero-order valence-electron chi connectivity index (χ0n) is 15.1. The number of nitrogens with one attached hydrogen (secondary N) is 1. The maximum Gasteiger partial charge on any atom is 0.234 e. The number of amides is 1. The molecule has 134 valence electrons. The zero-order valence-corrected chi connectivity index (χ0v) is 15.1. The van der Waals surface area contributed by atoms with Crippen LogP contribution in [0.15, 0.2) is 61.2 Å². The highest BCUT2D eigenvalue weighted by Gasteiger charge is 2.10. The molecular weight excluding hydrogens is 326 g/mol. The summed E-state index contributed by atoms with van der Waals surface area (Å²) in [5.74, 6) is 0.911. The smallest absolute Gasteiger partial charge is 0.234 e. The maximum atomic E-state index is 12.3. The van der Waals surface area contributed by atoms with Crippen molar-refractivity contribution >= 4 is 5.91 Å². The Morgan fingerprint density at radius 2 is 2.04 bits per heavy atom. The van der Waals surface area contributed by atoms with Crippen LogP contribution in [0.3, 0.4) is 0 Å². The molecule has 3 rings (SSSR count). The molecule has 1 aromatic carbocycles.